The third kappa shape index (κ3) is 3.24. The van der Waals surface area contributed by atoms with Crippen LogP contribution in [-0.2, 0) is 6.54 Å². The maximum atomic E-state index is 11.0. The SMILES string of the molecule is Cc1sc2nc(-c3ccno3)nc(NCc3cccc([N+](=O)[O-])c3)c2c1C. The van der Waals surface area contributed by atoms with Gasteiger partial charge in [-0.2, -0.15) is 0 Å². The minimum atomic E-state index is -0.402. The van der Waals surface area contributed by atoms with Crippen molar-refractivity contribution in [2.75, 3.05) is 5.32 Å². The van der Waals surface area contributed by atoms with Crippen LogP contribution in [0.5, 0.6) is 0 Å². The fraction of sp³-hybridized carbons (Fsp3) is 0.167. The Morgan fingerprint density at radius 3 is 2.85 bits per heavy atom. The van der Waals surface area contributed by atoms with Gasteiger partial charge in [0, 0.05) is 29.6 Å². The number of benzene rings is 1. The number of hydrogen-bond acceptors (Lipinski definition) is 8. The highest BCUT2D eigenvalue weighted by molar-refractivity contribution is 7.18. The number of nitro groups is 1. The Morgan fingerprint density at radius 2 is 2.11 bits per heavy atom. The first-order valence-corrected chi connectivity index (χ1v) is 9.00. The number of nitro benzene ring substituents is 1. The van der Waals surface area contributed by atoms with Gasteiger partial charge in [0.15, 0.2) is 0 Å². The normalized spacial score (nSPS) is 11.0. The number of aryl methyl sites for hydroxylation is 2. The van der Waals surface area contributed by atoms with Gasteiger partial charge in [0.2, 0.25) is 11.6 Å². The van der Waals surface area contributed by atoms with Crippen molar-refractivity contribution in [3.63, 3.8) is 0 Å². The molecule has 0 radical (unpaired) electrons. The lowest BCUT2D eigenvalue weighted by Crippen LogP contribution is -2.04. The van der Waals surface area contributed by atoms with Crippen LogP contribution in [0.4, 0.5) is 11.5 Å². The number of nitrogens with one attached hydrogen (secondary N) is 1. The summed E-state index contributed by atoms with van der Waals surface area (Å²) >= 11 is 1.59. The van der Waals surface area contributed by atoms with Crippen LogP contribution in [0, 0.1) is 24.0 Å². The maximum Gasteiger partial charge on any atom is 0.269 e. The van der Waals surface area contributed by atoms with E-state index in [9.17, 15) is 10.1 Å². The number of nitrogens with zero attached hydrogens (tertiary/aromatic N) is 4. The minimum absolute atomic E-state index is 0.0621. The molecule has 8 nitrogen and oxygen atoms in total. The van der Waals surface area contributed by atoms with Crippen molar-refractivity contribution in [3.8, 4) is 11.6 Å². The van der Waals surface area contributed by atoms with Gasteiger partial charge in [0.05, 0.1) is 16.5 Å². The number of non-ortho nitro benzene ring substituents is 1. The molecule has 4 rings (SSSR count). The largest absolute Gasteiger partial charge is 0.365 e. The van der Waals surface area contributed by atoms with Crippen molar-refractivity contribution in [2.24, 2.45) is 0 Å². The summed E-state index contributed by atoms with van der Waals surface area (Å²) in [5.41, 5.74) is 1.97. The lowest BCUT2D eigenvalue weighted by Gasteiger charge is -2.09. The Labute approximate surface area is 158 Å². The van der Waals surface area contributed by atoms with E-state index in [0.717, 1.165) is 26.2 Å². The fourth-order valence-electron chi connectivity index (χ4n) is 2.78. The van der Waals surface area contributed by atoms with Gasteiger partial charge in [0.1, 0.15) is 10.6 Å². The van der Waals surface area contributed by atoms with E-state index in [2.05, 4.69) is 20.4 Å². The molecule has 0 amide bonds. The molecule has 0 unspecified atom stereocenters. The van der Waals surface area contributed by atoms with Gasteiger partial charge in [-0.25, -0.2) is 9.97 Å². The molecule has 0 bridgehead atoms. The van der Waals surface area contributed by atoms with Crippen molar-refractivity contribution in [3.05, 3.63) is 62.6 Å². The lowest BCUT2D eigenvalue weighted by molar-refractivity contribution is -0.384. The van der Waals surface area contributed by atoms with Crippen LogP contribution in [0.2, 0.25) is 0 Å². The molecule has 136 valence electrons. The van der Waals surface area contributed by atoms with Gasteiger partial charge in [-0.1, -0.05) is 17.3 Å². The molecule has 0 aliphatic carbocycles. The van der Waals surface area contributed by atoms with Crippen LogP contribution in [0.25, 0.3) is 21.8 Å². The smallest absolute Gasteiger partial charge is 0.269 e. The van der Waals surface area contributed by atoms with Crippen molar-refractivity contribution < 1.29 is 9.45 Å². The molecule has 0 aliphatic heterocycles. The first kappa shape index (κ1) is 17.1. The average Bonchev–Trinajstić information content (AvgIpc) is 3.29. The van der Waals surface area contributed by atoms with Crippen molar-refractivity contribution in [1.29, 1.82) is 0 Å². The topological polar surface area (TPSA) is 107 Å². The molecule has 1 aromatic carbocycles. The summed E-state index contributed by atoms with van der Waals surface area (Å²) in [4.78, 5) is 21.8. The molecule has 0 saturated carbocycles. The first-order chi connectivity index (χ1) is 13.0. The molecule has 0 aliphatic rings. The van der Waals surface area contributed by atoms with Crippen LogP contribution in [-0.4, -0.2) is 20.0 Å². The predicted octanol–water partition coefficient (Wildman–Crippen LogP) is 4.48. The molecule has 0 atom stereocenters. The predicted molar refractivity (Wildman–Crippen MR) is 103 cm³/mol. The second kappa shape index (κ2) is 6.76. The quantitative estimate of drug-likeness (QED) is 0.401. The van der Waals surface area contributed by atoms with E-state index in [4.69, 9.17) is 4.52 Å². The summed E-state index contributed by atoms with van der Waals surface area (Å²) in [6, 6.07) is 8.24. The van der Waals surface area contributed by atoms with Crippen LogP contribution in [0.1, 0.15) is 16.0 Å². The second-order valence-corrected chi connectivity index (χ2v) is 7.22. The highest BCUT2D eigenvalue weighted by Gasteiger charge is 2.17. The van der Waals surface area contributed by atoms with E-state index in [0.29, 0.717) is 23.9 Å². The van der Waals surface area contributed by atoms with Gasteiger partial charge < -0.3 is 9.84 Å². The number of anilines is 1. The molecule has 27 heavy (non-hydrogen) atoms. The number of thiophene rings is 1. The van der Waals surface area contributed by atoms with Gasteiger partial charge in [0.25, 0.3) is 5.69 Å². The molecule has 0 saturated heterocycles. The van der Waals surface area contributed by atoms with Gasteiger partial charge in [-0.05, 0) is 25.0 Å². The van der Waals surface area contributed by atoms with E-state index in [-0.39, 0.29) is 5.69 Å². The van der Waals surface area contributed by atoms with Crippen molar-refractivity contribution in [2.45, 2.75) is 20.4 Å². The molecular weight excluding hydrogens is 366 g/mol. The number of aromatic nitrogens is 3. The zero-order valence-corrected chi connectivity index (χ0v) is 15.4. The summed E-state index contributed by atoms with van der Waals surface area (Å²) in [5.74, 6) is 1.60. The zero-order chi connectivity index (χ0) is 19.0. The van der Waals surface area contributed by atoms with Crippen molar-refractivity contribution in [1.82, 2.24) is 15.1 Å². The summed E-state index contributed by atoms with van der Waals surface area (Å²) in [7, 11) is 0. The van der Waals surface area contributed by atoms with Gasteiger partial charge in [-0.3, -0.25) is 10.1 Å². The van der Waals surface area contributed by atoms with Gasteiger partial charge in [-0.15, -0.1) is 11.3 Å². The Kier molecular flexibility index (Phi) is 4.28. The van der Waals surface area contributed by atoms with Crippen LogP contribution in [0.15, 0.2) is 41.1 Å². The number of hydrogen-bond donors (Lipinski definition) is 1. The standard InChI is InChI=1S/C18H15N5O3S/c1-10-11(2)27-18-15(10)17(21-16(22-18)14-6-7-20-26-14)19-9-12-4-3-5-13(8-12)23(24)25/h3-8H,9H2,1-2H3,(H,19,21,22). The van der Waals surface area contributed by atoms with Crippen LogP contribution < -0.4 is 5.32 Å². The highest BCUT2D eigenvalue weighted by atomic mass is 32.1. The van der Waals surface area contributed by atoms with E-state index in [1.165, 1.54) is 6.07 Å². The lowest BCUT2D eigenvalue weighted by atomic mass is 10.2. The minimum Gasteiger partial charge on any atom is -0.365 e. The van der Waals surface area contributed by atoms with E-state index in [1.807, 2.05) is 19.9 Å². The van der Waals surface area contributed by atoms with E-state index < -0.39 is 4.92 Å². The summed E-state index contributed by atoms with van der Waals surface area (Å²) in [5, 5.41) is 18.9. The monoisotopic (exact) mass is 381 g/mol. The first-order valence-electron chi connectivity index (χ1n) is 8.19. The Bertz CT molecular complexity index is 1140. The Hall–Kier alpha value is -3.33. The summed E-state index contributed by atoms with van der Waals surface area (Å²) in [6.07, 6.45) is 1.55. The fourth-order valence-corrected chi connectivity index (χ4v) is 3.81. The average molecular weight is 381 g/mol. The zero-order valence-electron chi connectivity index (χ0n) is 14.6. The Balaban J connectivity index is 1.73. The van der Waals surface area contributed by atoms with Crippen LogP contribution in [0.3, 0.4) is 0 Å². The molecule has 9 heteroatoms. The summed E-state index contributed by atoms with van der Waals surface area (Å²) in [6.45, 7) is 4.47. The molecule has 4 aromatic rings. The molecule has 3 heterocycles. The molecule has 0 spiro atoms. The van der Waals surface area contributed by atoms with E-state index in [1.54, 1.807) is 35.7 Å². The maximum absolute atomic E-state index is 11.0. The second-order valence-electron chi connectivity index (χ2n) is 6.02. The summed E-state index contributed by atoms with van der Waals surface area (Å²) < 4.78 is 5.19. The number of rotatable bonds is 5. The van der Waals surface area contributed by atoms with Crippen molar-refractivity contribution >= 4 is 33.1 Å². The van der Waals surface area contributed by atoms with E-state index >= 15 is 0 Å². The third-order valence-corrected chi connectivity index (χ3v) is 5.37. The third-order valence-electron chi connectivity index (χ3n) is 4.27. The van der Waals surface area contributed by atoms with Crippen LogP contribution >= 0.6 is 11.3 Å². The highest BCUT2D eigenvalue weighted by Crippen LogP contribution is 2.35. The Morgan fingerprint density at radius 1 is 1.26 bits per heavy atom. The molecule has 3 aromatic heterocycles. The van der Waals surface area contributed by atoms with Gasteiger partial charge >= 0.3 is 0 Å². The molecular formula is C18H15N5O3S. The number of fused-ring (bicyclic) bond motifs is 1. The molecule has 0 fully saturated rings. The molecule has 1 N–H and O–H groups in total.